The molecule has 3 nitrogen and oxygen atoms in total. The minimum Gasteiger partial charge on any atom is -0.390 e. The van der Waals surface area contributed by atoms with Crippen molar-refractivity contribution >= 4 is 0 Å². The van der Waals surface area contributed by atoms with Gasteiger partial charge in [0.2, 0.25) is 0 Å². The molecule has 1 heterocycles. The number of halogens is 2. The summed E-state index contributed by atoms with van der Waals surface area (Å²) in [5.74, 6) is -0.994. The fourth-order valence-corrected chi connectivity index (χ4v) is 2.31. The lowest BCUT2D eigenvalue weighted by atomic mass is 10.0. The van der Waals surface area contributed by atoms with Gasteiger partial charge in [-0.2, -0.15) is 0 Å². The van der Waals surface area contributed by atoms with Gasteiger partial charge in [-0.05, 0) is 30.3 Å². The Kier molecular flexibility index (Phi) is 4.85. The monoisotopic (exact) mass is 271 g/mol. The van der Waals surface area contributed by atoms with E-state index >= 15 is 0 Å². The van der Waals surface area contributed by atoms with Crippen molar-refractivity contribution in [2.24, 2.45) is 0 Å². The zero-order valence-corrected chi connectivity index (χ0v) is 11.0. The number of hydrogen-bond acceptors (Lipinski definition) is 3. The molecule has 1 aromatic rings. The number of likely N-dealkylation sites (N-methyl/N-ethyl adjacent to an activating group) is 1. The molecule has 0 radical (unpaired) electrons. The molecule has 2 atom stereocenters. The minimum absolute atomic E-state index is 0.0613. The molecule has 0 aliphatic carbocycles. The third kappa shape index (κ3) is 3.72. The van der Waals surface area contributed by atoms with Gasteiger partial charge in [-0.25, -0.2) is 8.78 Å². The summed E-state index contributed by atoms with van der Waals surface area (Å²) in [6, 6.07) is 3.28. The van der Waals surface area contributed by atoms with Gasteiger partial charge in [0, 0.05) is 19.5 Å². The Morgan fingerprint density at radius 2 is 2.26 bits per heavy atom. The average Bonchev–Trinajstić information content (AvgIpc) is 2.43. The van der Waals surface area contributed by atoms with E-state index in [9.17, 15) is 13.9 Å². The van der Waals surface area contributed by atoms with Gasteiger partial charge in [-0.1, -0.05) is 6.92 Å². The van der Waals surface area contributed by atoms with E-state index in [1.54, 1.807) is 0 Å². The van der Waals surface area contributed by atoms with Crippen LogP contribution in [0.2, 0.25) is 0 Å². The van der Waals surface area contributed by atoms with Gasteiger partial charge in [0.25, 0.3) is 0 Å². The van der Waals surface area contributed by atoms with Gasteiger partial charge in [0.15, 0.2) is 0 Å². The maximum atomic E-state index is 13.5. The lowest BCUT2D eigenvalue weighted by Crippen LogP contribution is -2.48. The van der Waals surface area contributed by atoms with Crippen molar-refractivity contribution in [3.63, 3.8) is 0 Å². The van der Waals surface area contributed by atoms with Crippen LogP contribution in [-0.4, -0.2) is 48.5 Å². The van der Waals surface area contributed by atoms with E-state index in [1.807, 2.05) is 6.92 Å². The van der Waals surface area contributed by atoms with Crippen LogP contribution in [0.1, 0.15) is 12.5 Å². The maximum Gasteiger partial charge on any atom is 0.126 e. The largest absolute Gasteiger partial charge is 0.390 e. The van der Waals surface area contributed by atoms with Crippen LogP contribution in [0.15, 0.2) is 18.2 Å². The molecule has 0 amide bonds. The SMILES string of the molecule is CCN1CCOC(C(O)Cc2cc(F)ccc2F)C1. The second-order valence-electron chi connectivity index (χ2n) is 4.81. The van der Waals surface area contributed by atoms with Crippen LogP contribution in [-0.2, 0) is 11.2 Å². The summed E-state index contributed by atoms with van der Waals surface area (Å²) in [6.45, 7) is 4.95. The van der Waals surface area contributed by atoms with Crippen LogP contribution in [0.5, 0.6) is 0 Å². The molecule has 0 bridgehead atoms. The normalized spacial score (nSPS) is 22.4. The Morgan fingerprint density at radius 1 is 1.47 bits per heavy atom. The van der Waals surface area contributed by atoms with Gasteiger partial charge in [0.1, 0.15) is 11.6 Å². The first kappa shape index (κ1) is 14.4. The fraction of sp³-hybridized carbons (Fsp3) is 0.571. The maximum absolute atomic E-state index is 13.5. The van der Waals surface area contributed by atoms with Crippen molar-refractivity contribution in [1.29, 1.82) is 0 Å². The summed E-state index contributed by atoms with van der Waals surface area (Å²) < 4.78 is 32.1. The van der Waals surface area contributed by atoms with Crippen LogP contribution in [0, 0.1) is 11.6 Å². The van der Waals surface area contributed by atoms with E-state index in [1.165, 1.54) is 0 Å². The highest BCUT2D eigenvalue weighted by molar-refractivity contribution is 5.19. The molecule has 1 aromatic carbocycles. The zero-order valence-electron chi connectivity index (χ0n) is 11.0. The van der Waals surface area contributed by atoms with E-state index in [2.05, 4.69) is 4.90 Å². The van der Waals surface area contributed by atoms with Crippen molar-refractivity contribution in [1.82, 2.24) is 4.90 Å². The van der Waals surface area contributed by atoms with Crippen LogP contribution >= 0.6 is 0 Å². The first-order chi connectivity index (χ1) is 9.10. The lowest BCUT2D eigenvalue weighted by molar-refractivity contribution is -0.0869. The summed E-state index contributed by atoms with van der Waals surface area (Å²) in [7, 11) is 0. The summed E-state index contributed by atoms with van der Waals surface area (Å²) in [4.78, 5) is 2.17. The molecule has 1 N–H and O–H groups in total. The number of morpholine rings is 1. The molecular weight excluding hydrogens is 252 g/mol. The molecule has 2 unspecified atom stereocenters. The molecule has 1 aliphatic rings. The molecule has 1 fully saturated rings. The molecule has 0 spiro atoms. The van der Waals surface area contributed by atoms with E-state index in [0.717, 1.165) is 31.3 Å². The number of nitrogens with zero attached hydrogens (tertiary/aromatic N) is 1. The number of ether oxygens (including phenoxy) is 1. The van der Waals surface area contributed by atoms with Crippen molar-refractivity contribution in [2.45, 2.75) is 25.6 Å². The Balaban J connectivity index is 2.00. The van der Waals surface area contributed by atoms with Crippen LogP contribution in [0.4, 0.5) is 8.78 Å². The van der Waals surface area contributed by atoms with Crippen molar-refractivity contribution < 1.29 is 18.6 Å². The zero-order chi connectivity index (χ0) is 13.8. The molecule has 106 valence electrons. The molecule has 1 aliphatic heterocycles. The molecule has 1 saturated heterocycles. The Morgan fingerprint density at radius 3 is 3.00 bits per heavy atom. The molecular formula is C14H19F2NO2. The first-order valence-corrected chi connectivity index (χ1v) is 6.56. The average molecular weight is 271 g/mol. The summed E-state index contributed by atoms with van der Waals surface area (Å²) in [5.41, 5.74) is 0.185. The predicted octanol–water partition coefficient (Wildman–Crippen LogP) is 1.59. The number of aliphatic hydroxyl groups excluding tert-OH is 1. The topological polar surface area (TPSA) is 32.7 Å². The Hall–Kier alpha value is -1.04. The predicted molar refractivity (Wildman–Crippen MR) is 67.9 cm³/mol. The highest BCUT2D eigenvalue weighted by Gasteiger charge is 2.27. The molecule has 2 rings (SSSR count). The highest BCUT2D eigenvalue weighted by atomic mass is 19.1. The van der Waals surface area contributed by atoms with E-state index < -0.39 is 17.7 Å². The van der Waals surface area contributed by atoms with Crippen LogP contribution in [0.25, 0.3) is 0 Å². The molecule has 0 aromatic heterocycles. The third-order valence-corrected chi connectivity index (χ3v) is 3.49. The number of hydrogen-bond donors (Lipinski definition) is 1. The van der Waals surface area contributed by atoms with Crippen molar-refractivity contribution in [3.8, 4) is 0 Å². The Labute approximate surface area is 111 Å². The minimum atomic E-state index is -0.828. The van der Waals surface area contributed by atoms with Crippen molar-refractivity contribution in [3.05, 3.63) is 35.4 Å². The summed E-state index contributed by atoms with van der Waals surface area (Å²) in [6.07, 6.45) is -1.12. The molecule has 0 saturated carbocycles. The quantitative estimate of drug-likeness (QED) is 0.902. The van der Waals surface area contributed by atoms with Gasteiger partial charge >= 0.3 is 0 Å². The second-order valence-corrected chi connectivity index (χ2v) is 4.81. The van der Waals surface area contributed by atoms with Gasteiger partial charge in [-0.15, -0.1) is 0 Å². The third-order valence-electron chi connectivity index (χ3n) is 3.49. The smallest absolute Gasteiger partial charge is 0.126 e. The number of rotatable bonds is 4. The molecule has 5 heteroatoms. The standard InChI is InChI=1S/C14H19F2NO2/c1-2-17-5-6-19-14(9-17)13(18)8-10-7-11(15)3-4-12(10)16/h3-4,7,13-14,18H,2,5-6,8-9H2,1H3. The molecule has 19 heavy (non-hydrogen) atoms. The van der Waals surface area contributed by atoms with Crippen LogP contribution in [0.3, 0.4) is 0 Å². The van der Waals surface area contributed by atoms with E-state index in [4.69, 9.17) is 4.74 Å². The fourth-order valence-electron chi connectivity index (χ4n) is 2.31. The second kappa shape index (κ2) is 6.41. The number of aliphatic hydroxyl groups is 1. The first-order valence-electron chi connectivity index (χ1n) is 6.56. The summed E-state index contributed by atoms with van der Waals surface area (Å²) in [5, 5.41) is 10.1. The van der Waals surface area contributed by atoms with Crippen LogP contribution < -0.4 is 0 Å². The highest BCUT2D eigenvalue weighted by Crippen LogP contribution is 2.16. The van der Waals surface area contributed by atoms with Crippen molar-refractivity contribution in [2.75, 3.05) is 26.2 Å². The summed E-state index contributed by atoms with van der Waals surface area (Å²) >= 11 is 0. The Bertz CT molecular complexity index is 428. The number of benzene rings is 1. The van der Waals surface area contributed by atoms with E-state index in [-0.39, 0.29) is 18.1 Å². The van der Waals surface area contributed by atoms with E-state index in [0.29, 0.717) is 13.2 Å². The van der Waals surface area contributed by atoms with Gasteiger partial charge < -0.3 is 9.84 Å². The van der Waals surface area contributed by atoms with Gasteiger partial charge in [-0.3, -0.25) is 4.90 Å². The van der Waals surface area contributed by atoms with Gasteiger partial charge in [0.05, 0.1) is 18.8 Å². The lowest BCUT2D eigenvalue weighted by Gasteiger charge is -2.34.